The molecule has 1 N–H and O–H groups in total. The molecule has 1 heteroatoms. The zero-order chi connectivity index (χ0) is 7.65. The van der Waals surface area contributed by atoms with Gasteiger partial charge >= 0.3 is 0 Å². The van der Waals surface area contributed by atoms with Crippen LogP contribution in [0.4, 0.5) is 0 Å². The molecule has 7 heavy (non-hydrogen) atoms. The smallest absolute Gasteiger partial charge is 0.0292 e. The lowest BCUT2D eigenvalue weighted by molar-refractivity contribution is 0.584. The van der Waals surface area contributed by atoms with Crippen molar-refractivity contribution in [2.24, 2.45) is 5.41 Å². The van der Waals surface area contributed by atoms with Gasteiger partial charge < -0.3 is 5.41 Å². The van der Waals surface area contributed by atoms with Gasteiger partial charge in [-0.2, -0.15) is 0 Å². The van der Waals surface area contributed by atoms with Crippen LogP contribution in [0.2, 0.25) is 0 Å². The molecule has 0 aliphatic carbocycles. The monoisotopic (exact) mass is 101 g/mol. The number of hydrogen-bond donors (Lipinski definition) is 1. The van der Waals surface area contributed by atoms with Gasteiger partial charge in [-0.05, 0) is 12.3 Å². The predicted molar refractivity (Wildman–Crippen MR) is 32.9 cm³/mol. The average molecular weight is 101 g/mol. The van der Waals surface area contributed by atoms with E-state index in [-0.39, 0.29) is 11.1 Å². The Balaban J connectivity index is 4.06. The van der Waals surface area contributed by atoms with Crippen LogP contribution in [0, 0.1) is 10.8 Å². The van der Waals surface area contributed by atoms with Gasteiger partial charge in [-0.25, -0.2) is 0 Å². The molecule has 1 nitrogen and oxygen atoms in total. The van der Waals surface area contributed by atoms with Crippen molar-refractivity contribution in [2.75, 3.05) is 0 Å². The van der Waals surface area contributed by atoms with Gasteiger partial charge in [0.1, 0.15) is 0 Å². The van der Waals surface area contributed by atoms with E-state index in [4.69, 9.17) is 8.15 Å². The fraction of sp³-hybridized carbons (Fsp3) is 0.833. The van der Waals surface area contributed by atoms with E-state index in [0.717, 1.165) is 0 Å². The Morgan fingerprint density at radius 3 is 2.00 bits per heavy atom. The third-order valence-corrected chi connectivity index (χ3v) is 0.808. The molecule has 0 heterocycles. The van der Waals surface area contributed by atoms with Crippen molar-refractivity contribution in [3.05, 3.63) is 0 Å². The zero-order valence-corrected chi connectivity index (χ0v) is 5.08. The van der Waals surface area contributed by atoms with Gasteiger partial charge in [0.05, 0.1) is 0 Å². The number of nitrogens with one attached hydrogen (secondary N) is 1. The highest BCUT2D eigenvalue weighted by atomic mass is 14.4. The Labute approximate surface area is 48.1 Å². The van der Waals surface area contributed by atoms with Gasteiger partial charge in [-0.15, -0.1) is 0 Å². The molecule has 42 valence electrons. The first kappa shape index (κ1) is 3.65. The molecule has 0 fully saturated rings. The lowest BCUT2D eigenvalue weighted by Gasteiger charge is -2.14. The Bertz CT molecular complexity index is 113. The van der Waals surface area contributed by atoms with Gasteiger partial charge in [0, 0.05) is 8.45 Å². The fourth-order valence-corrected chi connectivity index (χ4v) is 0. The number of hydrogen-bond acceptors (Lipinski definition) is 1. The molecule has 0 amide bonds. The Hall–Kier alpha value is -0.330. The Morgan fingerprint density at radius 1 is 1.57 bits per heavy atom. The molecule has 0 aromatic heterocycles. The Kier molecular flexibility index (Phi) is 0.857. The lowest BCUT2D eigenvalue weighted by atomic mass is 9.91. The van der Waals surface area contributed by atoms with Crippen molar-refractivity contribution in [1.82, 2.24) is 0 Å². The highest BCUT2D eigenvalue weighted by Crippen LogP contribution is 2.13. The predicted octanol–water partition coefficient (Wildman–Crippen LogP) is 2.07. The third kappa shape index (κ3) is 2.38. The molecule has 0 saturated carbocycles. The van der Waals surface area contributed by atoms with Crippen LogP contribution >= 0.6 is 0 Å². The van der Waals surface area contributed by atoms with E-state index in [2.05, 4.69) is 0 Å². The standard InChI is InChI=1S/C6H13N/c1-5(7)6(2,3)4/h7H,1-4H3/i1D2. The van der Waals surface area contributed by atoms with E-state index in [1.165, 1.54) is 0 Å². The minimum absolute atomic E-state index is 0.169. The highest BCUT2D eigenvalue weighted by Gasteiger charge is 2.10. The van der Waals surface area contributed by atoms with Gasteiger partial charge in [0.15, 0.2) is 0 Å². The highest BCUT2D eigenvalue weighted by molar-refractivity contribution is 5.83. The molecular formula is C6H13N. The molecule has 0 bridgehead atoms. The minimum atomic E-state index is -1.11. The molecule has 0 aromatic carbocycles. The summed E-state index contributed by atoms with van der Waals surface area (Å²) in [6.07, 6.45) is 0. The molecule has 0 spiro atoms. The molecule has 0 aliphatic heterocycles. The second-order valence-corrected chi connectivity index (χ2v) is 2.66. The zero-order valence-electron chi connectivity index (χ0n) is 7.08. The van der Waals surface area contributed by atoms with Crippen molar-refractivity contribution in [1.29, 1.82) is 5.41 Å². The summed E-state index contributed by atoms with van der Waals surface area (Å²) in [5, 5.41) is 7.22. The molecule has 0 aromatic rings. The summed E-state index contributed by atoms with van der Waals surface area (Å²) in [6, 6.07) is 0. The van der Waals surface area contributed by atoms with Crippen molar-refractivity contribution in [3.63, 3.8) is 0 Å². The summed E-state index contributed by atoms with van der Waals surface area (Å²) in [4.78, 5) is 0. The van der Waals surface area contributed by atoms with Gasteiger partial charge in [0.25, 0.3) is 0 Å². The summed E-state index contributed by atoms with van der Waals surface area (Å²) >= 11 is 0. The maximum absolute atomic E-state index is 7.22. The van der Waals surface area contributed by atoms with E-state index >= 15 is 0 Å². The van der Waals surface area contributed by atoms with Gasteiger partial charge in [-0.1, -0.05) is 20.8 Å². The van der Waals surface area contributed by atoms with Crippen LogP contribution < -0.4 is 0 Å². The lowest BCUT2D eigenvalue weighted by Crippen LogP contribution is -2.14. The van der Waals surface area contributed by atoms with Crippen LogP contribution in [0.5, 0.6) is 0 Å². The maximum atomic E-state index is 7.22. The molecule has 0 aliphatic rings. The van der Waals surface area contributed by atoms with E-state index in [0.29, 0.717) is 0 Å². The molecule has 0 rings (SSSR count). The normalized spacial score (nSPS) is 16.0. The average Bonchev–Trinajstić information content (AvgIpc) is 1.62. The second kappa shape index (κ2) is 1.65. The summed E-state index contributed by atoms with van der Waals surface area (Å²) in [7, 11) is 0. The first-order chi connectivity index (χ1) is 3.85. The Morgan fingerprint density at radius 2 is 2.00 bits per heavy atom. The molecule has 0 unspecified atom stereocenters. The summed E-state index contributed by atoms with van der Waals surface area (Å²) in [6.45, 7) is 4.41. The topological polar surface area (TPSA) is 23.9 Å². The van der Waals surface area contributed by atoms with Crippen molar-refractivity contribution in [3.8, 4) is 0 Å². The minimum Gasteiger partial charge on any atom is -0.309 e. The molecular weight excluding hydrogens is 86.1 g/mol. The summed E-state index contributed by atoms with van der Waals surface area (Å²) in [5.74, 6) is 0. The number of rotatable bonds is 0. The SMILES string of the molecule is [2H]C([2H])C(=N)C(C)(C)C. The summed E-state index contributed by atoms with van der Waals surface area (Å²) in [5.41, 5.74) is -0.142. The van der Waals surface area contributed by atoms with Gasteiger partial charge in [0.2, 0.25) is 0 Å². The fourth-order valence-electron chi connectivity index (χ4n) is 0. The molecule has 0 radical (unpaired) electrons. The van der Waals surface area contributed by atoms with Crippen molar-refractivity contribution < 1.29 is 2.74 Å². The van der Waals surface area contributed by atoms with Crippen molar-refractivity contribution in [2.45, 2.75) is 27.6 Å². The quantitative estimate of drug-likeness (QED) is 0.452. The second-order valence-electron chi connectivity index (χ2n) is 2.66. The molecule has 0 atom stereocenters. The maximum Gasteiger partial charge on any atom is 0.0292 e. The molecule has 0 saturated heterocycles. The summed E-state index contributed by atoms with van der Waals surface area (Å²) < 4.78 is 13.8. The van der Waals surface area contributed by atoms with Crippen molar-refractivity contribution >= 4 is 5.71 Å². The van der Waals surface area contributed by atoms with Crippen LogP contribution in [0.25, 0.3) is 0 Å². The largest absolute Gasteiger partial charge is 0.309 e. The van der Waals surface area contributed by atoms with Crippen LogP contribution in [-0.2, 0) is 0 Å². The third-order valence-electron chi connectivity index (χ3n) is 0.808. The van der Waals surface area contributed by atoms with Crippen LogP contribution in [0.15, 0.2) is 0 Å². The van der Waals surface area contributed by atoms with Crippen LogP contribution in [0.1, 0.15) is 30.4 Å². The first-order valence-corrected chi connectivity index (χ1v) is 2.29. The van der Waals surface area contributed by atoms with Crippen LogP contribution in [-0.4, -0.2) is 5.71 Å². The first-order valence-electron chi connectivity index (χ1n) is 3.44. The van der Waals surface area contributed by atoms with E-state index in [1.54, 1.807) is 0 Å². The van der Waals surface area contributed by atoms with E-state index < -0.39 is 6.88 Å². The van der Waals surface area contributed by atoms with E-state index in [1.807, 2.05) is 20.8 Å². The van der Waals surface area contributed by atoms with E-state index in [9.17, 15) is 0 Å². The van der Waals surface area contributed by atoms with Gasteiger partial charge in [-0.3, -0.25) is 0 Å². The van der Waals surface area contributed by atoms with Crippen LogP contribution in [0.3, 0.4) is 0 Å².